The van der Waals surface area contributed by atoms with Gasteiger partial charge in [-0.1, -0.05) is 42.3 Å². The van der Waals surface area contributed by atoms with Gasteiger partial charge in [0.2, 0.25) is 0 Å². The van der Waals surface area contributed by atoms with Crippen molar-refractivity contribution in [3.8, 4) is 0 Å². The molecule has 2 rings (SSSR count). The summed E-state index contributed by atoms with van der Waals surface area (Å²) in [5.74, 6) is -0.788. The van der Waals surface area contributed by atoms with E-state index in [1.165, 1.54) is 0 Å². The molecule has 1 aromatic heterocycles. The number of aromatic nitrogens is 3. The molecule has 7 heteroatoms. The molecule has 0 bridgehead atoms. The molecule has 2 aromatic rings. The first-order valence-corrected chi connectivity index (χ1v) is 7.23. The summed E-state index contributed by atoms with van der Waals surface area (Å²) < 4.78 is 1.57. The Hall–Kier alpha value is -1.59. The molecule has 0 aliphatic heterocycles. The highest BCUT2D eigenvalue weighted by atomic mass is 35.5. The standard InChI is InChI=1S/C14H15Cl2N3O2/c1-8(2)5-12-13(14(20)21)17-18-19(12)7-9-6-10(15)3-4-11(9)16/h3-4,6,8H,5,7H2,1-2H3,(H,20,21). The van der Waals surface area contributed by atoms with Crippen LogP contribution in [0.4, 0.5) is 0 Å². The summed E-state index contributed by atoms with van der Waals surface area (Å²) in [5, 5.41) is 18.0. The number of benzene rings is 1. The van der Waals surface area contributed by atoms with Gasteiger partial charge in [-0.15, -0.1) is 5.10 Å². The smallest absolute Gasteiger partial charge is 0.358 e. The second kappa shape index (κ2) is 6.45. The van der Waals surface area contributed by atoms with Crippen LogP contribution in [-0.4, -0.2) is 26.1 Å². The average Bonchev–Trinajstić information content (AvgIpc) is 2.76. The topological polar surface area (TPSA) is 68.0 Å². The molecule has 0 atom stereocenters. The zero-order chi connectivity index (χ0) is 15.6. The molecule has 0 unspecified atom stereocenters. The second-order valence-corrected chi connectivity index (χ2v) is 6.02. The van der Waals surface area contributed by atoms with Gasteiger partial charge in [0.15, 0.2) is 5.69 Å². The Morgan fingerprint density at radius 3 is 2.71 bits per heavy atom. The number of aromatic carboxylic acids is 1. The summed E-state index contributed by atoms with van der Waals surface area (Å²) in [6, 6.07) is 5.15. The van der Waals surface area contributed by atoms with Crippen molar-refractivity contribution in [3.63, 3.8) is 0 Å². The average molecular weight is 328 g/mol. The highest BCUT2D eigenvalue weighted by Gasteiger charge is 2.20. The van der Waals surface area contributed by atoms with E-state index in [2.05, 4.69) is 10.3 Å². The summed E-state index contributed by atoms with van der Waals surface area (Å²) in [5.41, 5.74) is 1.35. The van der Waals surface area contributed by atoms with Crippen molar-refractivity contribution in [2.75, 3.05) is 0 Å². The maximum absolute atomic E-state index is 11.2. The number of nitrogens with zero attached hydrogens (tertiary/aromatic N) is 3. The summed E-state index contributed by atoms with van der Waals surface area (Å²) in [4.78, 5) is 11.2. The molecule has 1 aromatic carbocycles. The van der Waals surface area contributed by atoms with Crippen molar-refractivity contribution in [2.24, 2.45) is 5.92 Å². The number of hydrogen-bond donors (Lipinski definition) is 1. The van der Waals surface area contributed by atoms with E-state index in [4.69, 9.17) is 23.2 Å². The highest BCUT2D eigenvalue weighted by Crippen LogP contribution is 2.22. The highest BCUT2D eigenvalue weighted by molar-refractivity contribution is 6.33. The minimum absolute atomic E-state index is 0.0122. The number of rotatable bonds is 5. The van der Waals surface area contributed by atoms with Crippen molar-refractivity contribution in [2.45, 2.75) is 26.8 Å². The maximum atomic E-state index is 11.2. The van der Waals surface area contributed by atoms with Crippen LogP contribution in [0.25, 0.3) is 0 Å². The molecule has 0 radical (unpaired) electrons. The van der Waals surface area contributed by atoms with Crippen molar-refractivity contribution >= 4 is 29.2 Å². The van der Waals surface area contributed by atoms with E-state index < -0.39 is 5.97 Å². The van der Waals surface area contributed by atoms with E-state index in [1.807, 2.05) is 13.8 Å². The Labute approximate surface area is 132 Å². The summed E-state index contributed by atoms with van der Waals surface area (Å²) in [6.07, 6.45) is 0.576. The Morgan fingerprint density at radius 1 is 1.38 bits per heavy atom. The third-order valence-electron chi connectivity index (χ3n) is 2.97. The van der Waals surface area contributed by atoms with Gasteiger partial charge in [-0.3, -0.25) is 0 Å². The normalized spacial score (nSPS) is 11.1. The number of halogens is 2. The molecular weight excluding hydrogens is 313 g/mol. The molecule has 1 N–H and O–H groups in total. The van der Waals surface area contributed by atoms with Gasteiger partial charge >= 0.3 is 5.97 Å². The lowest BCUT2D eigenvalue weighted by atomic mass is 10.1. The lowest BCUT2D eigenvalue weighted by molar-refractivity contribution is 0.0689. The minimum Gasteiger partial charge on any atom is -0.476 e. The molecular formula is C14H15Cl2N3O2. The van der Waals surface area contributed by atoms with E-state index in [9.17, 15) is 9.90 Å². The van der Waals surface area contributed by atoms with Gasteiger partial charge in [-0.25, -0.2) is 9.48 Å². The molecule has 0 aliphatic rings. The van der Waals surface area contributed by atoms with Gasteiger partial charge in [0.25, 0.3) is 0 Å². The van der Waals surface area contributed by atoms with Crippen molar-refractivity contribution < 1.29 is 9.90 Å². The third kappa shape index (κ3) is 3.74. The number of carboxylic acids is 1. The van der Waals surface area contributed by atoms with Gasteiger partial charge in [-0.05, 0) is 36.1 Å². The van der Waals surface area contributed by atoms with Crippen LogP contribution in [0.3, 0.4) is 0 Å². The lowest BCUT2D eigenvalue weighted by Gasteiger charge is -2.10. The van der Waals surface area contributed by atoms with Crippen LogP contribution in [-0.2, 0) is 13.0 Å². The first kappa shape index (κ1) is 15.8. The molecule has 21 heavy (non-hydrogen) atoms. The zero-order valence-electron chi connectivity index (χ0n) is 11.7. The molecule has 0 fully saturated rings. The number of carbonyl (C=O) groups is 1. The van der Waals surface area contributed by atoms with Gasteiger partial charge in [0.05, 0.1) is 12.2 Å². The summed E-state index contributed by atoms with van der Waals surface area (Å²) in [7, 11) is 0. The first-order chi connectivity index (χ1) is 9.88. The molecule has 5 nitrogen and oxygen atoms in total. The number of carboxylic acid groups (broad SMARTS) is 1. The van der Waals surface area contributed by atoms with Crippen LogP contribution in [0.1, 0.15) is 35.6 Å². The Bertz CT molecular complexity index is 668. The predicted molar refractivity (Wildman–Crippen MR) is 81.1 cm³/mol. The van der Waals surface area contributed by atoms with E-state index in [-0.39, 0.29) is 11.6 Å². The number of hydrogen-bond acceptors (Lipinski definition) is 3. The molecule has 0 aliphatic carbocycles. The van der Waals surface area contributed by atoms with Crippen molar-refractivity contribution in [3.05, 3.63) is 45.2 Å². The molecule has 0 saturated heterocycles. The predicted octanol–water partition coefficient (Wildman–Crippen LogP) is 3.53. The fourth-order valence-corrected chi connectivity index (χ4v) is 2.41. The van der Waals surface area contributed by atoms with Gasteiger partial charge in [-0.2, -0.15) is 0 Å². The van der Waals surface area contributed by atoms with E-state index in [0.29, 0.717) is 28.7 Å². The van der Waals surface area contributed by atoms with E-state index in [0.717, 1.165) is 5.56 Å². The fraction of sp³-hybridized carbons (Fsp3) is 0.357. The lowest BCUT2D eigenvalue weighted by Crippen LogP contribution is -2.12. The van der Waals surface area contributed by atoms with Crippen LogP contribution in [0.15, 0.2) is 18.2 Å². The first-order valence-electron chi connectivity index (χ1n) is 6.48. The molecule has 112 valence electrons. The minimum atomic E-state index is -1.07. The summed E-state index contributed by atoms with van der Waals surface area (Å²) in [6.45, 7) is 4.35. The van der Waals surface area contributed by atoms with Crippen molar-refractivity contribution in [1.82, 2.24) is 15.0 Å². The zero-order valence-corrected chi connectivity index (χ0v) is 13.2. The molecule has 0 amide bonds. The van der Waals surface area contributed by atoms with Crippen molar-refractivity contribution in [1.29, 1.82) is 0 Å². The van der Waals surface area contributed by atoms with E-state index in [1.54, 1.807) is 22.9 Å². The Balaban J connectivity index is 2.39. The monoisotopic (exact) mass is 327 g/mol. The third-order valence-corrected chi connectivity index (χ3v) is 3.57. The molecule has 1 heterocycles. The van der Waals surface area contributed by atoms with Crippen LogP contribution >= 0.6 is 23.2 Å². The van der Waals surface area contributed by atoms with Crippen LogP contribution < -0.4 is 0 Å². The fourth-order valence-electron chi connectivity index (χ4n) is 2.04. The quantitative estimate of drug-likeness (QED) is 0.912. The second-order valence-electron chi connectivity index (χ2n) is 5.18. The van der Waals surface area contributed by atoms with Crippen LogP contribution in [0.5, 0.6) is 0 Å². The largest absolute Gasteiger partial charge is 0.476 e. The molecule has 0 saturated carbocycles. The summed E-state index contributed by atoms with van der Waals surface area (Å²) >= 11 is 12.1. The van der Waals surface area contributed by atoms with Gasteiger partial charge in [0.1, 0.15) is 0 Å². The maximum Gasteiger partial charge on any atom is 0.358 e. The Kier molecular flexibility index (Phi) is 4.85. The van der Waals surface area contributed by atoms with Crippen LogP contribution in [0, 0.1) is 5.92 Å². The van der Waals surface area contributed by atoms with Gasteiger partial charge < -0.3 is 5.11 Å². The van der Waals surface area contributed by atoms with Gasteiger partial charge in [0, 0.05) is 10.0 Å². The SMILES string of the molecule is CC(C)Cc1c(C(=O)O)nnn1Cc1cc(Cl)ccc1Cl. The van der Waals surface area contributed by atoms with E-state index >= 15 is 0 Å². The Morgan fingerprint density at radius 2 is 2.10 bits per heavy atom. The van der Waals surface area contributed by atoms with Crippen LogP contribution in [0.2, 0.25) is 10.0 Å². The molecule has 0 spiro atoms.